The Balaban J connectivity index is 0.806. The summed E-state index contributed by atoms with van der Waals surface area (Å²) in [5.41, 5.74) is 15.9. The fraction of sp³-hybridized carbons (Fsp3) is 0. The van der Waals surface area contributed by atoms with Crippen LogP contribution in [0.2, 0.25) is 0 Å². The van der Waals surface area contributed by atoms with Gasteiger partial charge in [0.2, 0.25) is 0 Å². The van der Waals surface area contributed by atoms with E-state index < -0.39 is 0 Å². The molecule has 15 aromatic rings. The van der Waals surface area contributed by atoms with Crippen molar-refractivity contribution in [3.8, 4) is 44.5 Å². The van der Waals surface area contributed by atoms with Gasteiger partial charge < -0.3 is 9.80 Å². The monoisotopic (exact) mass is 1020 g/mol. The maximum atomic E-state index is 2.41. The summed E-state index contributed by atoms with van der Waals surface area (Å²) in [6.45, 7) is 0. The highest BCUT2D eigenvalue weighted by Gasteiger charge is 2.20. The van der Waals surface area contributed by atoms with E-state index in [4.69, 9.17) is 0 Å². The average Bonchev–Trinajstić information content (AvgIpc) is 3.56. The molecule has 0 amide bonds. The van der Waals surface area contributed by atoms with E-state index in [1.54, 1.807) is 0 Å². The summed E-state index contributed by atoms with van der Waals surface area (Å²) in [4.78, 5) is 4.81. The van der Waals surface area contributed by atoms with Crippen LogP contribution in [-0.2, 0) is 0 Å². The van der Waals surface area contributed by atoms with Crippen molar-refractivity contribution in [2.24, 2.45) is 0 Å². The number of rotatable bonds is 10. The van der Waals surface area contributed by atoms with E-state index in [0.717, 1.165) is 56.4 Å². The molecule has 0 heterocycles. The first-order chi connectivity index (χ1) is 39.7. The van der Waals surface area contributed by atoms with Crippen LogP contribution in [0.15, 0.2) is 315 Å². The Hall–Kier alpha value is -10.5. The Labute approximate surface area is 465 Å². The number of hydrogen-bond donors (Lipinski definition) is 0. The van der Waals surface area contributed by atoms with Crippen LogP contribution in [-0.4, -0.2) is 0 Å². The lowest BCUT2D eigenvalue weighted by molar-refractivity contribution is 1.29. The lowest BCUT2D eigenvalue weighted by Crippen LogP contribution is -2.10. The molecular formula is C78H52N2. The maximum Gasteiger partial charge on any atom is 0.0468 e. The van der Waals surface area contributed by atoms with Gasteiger partial charge in [-0.25, -0.2) is 0 Å². The van der Waals surface area contributed by atoms with E-state index in [2.05, 4.69) is 325 Å². The zero-order valence-corrected chi connectivity index (χ0v) is 43.9. The molecule has 0 radical (unpaired) electrons. The topological polar surface area (TPSA) is 6.48 Å². The number of hydrogen-bond acceptors (Lipinski definition) is 2. The summed E-state index contributed by atoms with van der Waals surface area (Å²) in [5, 5.41) is 15.1. The van der Waals surface area contributed by atoms with E-state index in [1.165, 1.54) is 86.9 Å². The van der Waals surface area contributed by atoms with Crippen molar-refractivity contribution in [2.75, 3.05) is 9.80 Å². The Kier molecular flexibility index (Phi) is 11.6. The van der Waals surface area contributed by atoms with Crippen molar-refractivity contribution in [1.82, 2.24) is 0 Å². The fourth-order valence-electron chi connectivity index (χ4n) is 12.3. The molecule has 0 aliphatic rings. The Morgan fingerprint density at radius 2 is 0.350 bits per heavy atom. The van der Waals surface area contributed by atoms with Gasteiger partial charge in [-0.1, -0.05) is 243 Å². The molecule has 2 heteroatoms. The van der Waals surface area contributed by atoms with Crippen molar-refractivity contribution in [1.29, 1.82) is 0 Å². The molecule has 0 aliphatic carbocycles. The Morgan fingerprint density at radius 1 is 0.125 bits per heavy atom. The van der Waals surface area contributed by atoms with Crippen molar-refractivity contribution in [3.05, 3.63) is 315 Å². The van der Waals surface area contributed by atoms with E-state index in [9.17, 15) is 0 Å². The van der Waals surface area contributed by atoms with Gasteiger partial charge in [0.1, 0.15) is 0 Å². The second-order valence-electron chi connectivity index (χ2n) is 20.8. The van der Waals surface area contributed by atoms with E-state index in [0.29, 0.717) is 0 Å². The van der Waals surface area contributed by atoms with Gasteiger partial charge in [-0.05, 0) is 182 Å². The summed E-state index contributed by atoms with van der Waals surface area (Å²) in [6, 6.07) is 115. The quantitative estimate of drug-likeness (QED) is 0.126. The molecular weight excluding hydrogens is 965 g/mol. The van der Waals surface area contributed by atoms with Crippen LogP contribution in [0.1, 0.15) is 0 Å². The lowest BCUT2D eigenvalue weighted by atomic mass is 9.94. The van der Waals surface area contributed by atoms with Crippen LogP contribution in [0, 0.1) is 0 Å². The summed E-state index contributed by atoms with van der Waals surface area (Å²) < 4.78 is 0. The third-order valence-corrected chi connectivity index (χ3v) is 16.2. The summed E-state index contributed by atoms with van der Waals surface area (Å²) in [6.07, 6.45) is 0. The molecule has 0 bridgehead atoms. The molecule has 0 aromatic heterocycles. The van der Waals surface area contributed by atoms with Crippen molar-refractivity contribution in [2.45, 2.75) is 0 Å². The Morgan fingerprint density at radius 3 is 0.688 bits per heavy atom. The molecule has 0 saturated heterocycles. The van der Waals surface area contributed by atoms with Crippen molar-refractivity contribution < 1.29 is 0 Å². The smallest absolute Gasteiger partial charge is 0.0468 e. The predicted octanol–water partition coefficient (Wildman–Crippen LogP) is 22.2. The standard InChI is InChI=1S/C78H52N2/c1-3-17-53(18-4-1)55-37-41-61(42-38-55)79(65-45-47-75-71-29-9-7-25-67(71)69-27-11-13-31-73(69)77(75)51-65)63-23-15-21-59(49-63)57-33-35-58(36-34-57)60-22-16-24-64(50-60)80(62-43-39-56(40-44-62)54-19-5-2-6-20-54)66-46-48-76-72-30-10-8-26-68(72)70-28-12-14-32-74(70)78(76)52-66/h1-52H. The molecule has 2 nitrogen and oxygen atoms in total. The first-order valence-electron chi connectivity index (χ1n) is 27.6. The van der Waals surface area contributed by atoms with E-state index in [1.807, 2.05) is 0 Å². The molecule has 0 saturated carbocycles. The van der Waals surface area contributed by atoms with Gasteiger partial charge >= 0.3 is 0 Å². The summed E-state index contributed by atoms with van der Waals surface area (Å²) in [7, 11) is 0. The molecule has 0 aliphatic heterocycles. The molecule has 15 rings (SSSR count). The highest BCUT2D eigenvalue weighted by molar-refractivity contribution is 6.27. The normalized spacial score (nSPS) is 11.5. The third kappa shape index (κ3) is 8.30. The SMILES string of the molecule is c1ccc(-c2ccc(N(c3cccc(-c4ccc(-c5cccc(N(c6ccc(-c7ccccc7)cc6)c6ccc7c8ccccc8c8ccccc8c7c6)c5)cc4)c3)c3ccc4c5ccccc5c5ccccc5c4c3)cc2)cc1. The van der Waals surface area contributed by atoms with E-state index >= 15 is 0 Å². The fourth-order valence-corrected chi connectivity index (χ4v) is 12.3. The predicted molar refractivity (Wildman–Crippen MR) is 343 cm³/mol. The second kappa shape index (κ2) is 19.8. The molecule has 0 unspecified atom stereocenters. The maximum absolute atomic E-state index is 2.41. The van der Waals surface area contributed by atoms with E-state index in [-0.39, 0.29) is 0 Å². The number of anilines is 6. The molecule has 0 atom stereocenters. The number of benzene rings is 15. The lowest BCUT2D eigenvalue weighted by Gasteiger charge is -2.27. The minimum atomic E-state index is 1.09. The van der Waals surface area contributed by atoms with Crippen LogP contribution in [0.25, 0.3) is 109 Å². The highest BCUT2D eigenvalue weighted by atomic mass is 15.1. The largest absolute Gasteiger partial charge is 0.310 e. The van der Waals surface area contributed by atoms with Crippen LogP contribution in [0.4, 0.5) is 34.1 Å². The summed E-state index contributed by atoms with van der Waals surface area (Å²) in [5.74, 6) is 0. The van der Waals surface area contributed by atoms with Gasteiger partial charge in [0, 0.05) is 34.1 Å². The van der Waals surface area contributed by atoms with Gasteiger partial charge in [0.05, 0.1) is 0 Å². The highest BCUT2D eigenvalue weighted by Crippen LogP contribution is 2.45. The minimum absolute atomic E-state index is 1.09. The van der Waals surface area contributed by atoms with Crippen molar-refractivity contribution in [3.63, 3.8) is 0 Å². The zero-order valence-electron chi connectivity index (χ0n) is 43.9. The molecule has 80 heavy (non-hydrogen) atoms. The number of nitrogens with zero attached hydrogens (tertiary/aromatic N) is 2. The van der Waals surface area contributed by atoms with Crippen LogP contribution >= 0.6 is 0 Å². The van der Waals surface area contributed by atoms with Crippen LogP contribution in [0.3, 0.4) is 0 Å². The third-order valence-electron chi connectivity index (χ3n) is 16.2. The van der Waals surface area contributed by atoms with Gasteiger partial charge in [-0.2, -0.15) is 0 Å². The zero-order chi connectivity index (χ0) is 52.9. The molecule has 0 N–H and O–H groups in total. The molecule has 0 spiro atoms. The van der Waals surface area contributed by atoms with Gasteiger partial charge in [-0.3, -0.25) is 0 Å². The Bertz CT molecular complexity index is 4420. The molecule has 0 fully saturated rings. The first kappa shape index (κ1) is 46.7. The average molecular weight is 1020 g/mol. The number of fused-ring (bicyclic) bond motifs is 12. The van der Waals surface area contributed by atoms with Crippen LogP contribution in [0.5, 0.6) is 0 Å². The molecule has 15 aromatic carbocycles. The minimum Gasteiger partial charge on any atom is -0.310 e. The van der Waals surface area contributed by atoms with Crippen LogP contribution < -0.4 is 9.80 Å². The van der Waals surface area contributed by atoms with Crippen molar-refractivity contribution >= 4 is 98.8 Å². The van der Waals surface area contributed by atoms with Gasteiger partial charge in [-0.15, -0.1) is 0 Å². The second-order valence-corrected chi connectivity index (χ2v) is 20.8. The van der Waals surface area contributed by atoms with Gasteiger partial charge in [0.25, 0.3) is 0 Å². The van der Waals surface area contributed by atoms with Gasteiger partial charge in [0.15, 0.2) is 0 Å². The molecule has 374 valence electrons. The first-order valence-corrected chi connectivity index (χ1v) is 27.6. The summed E-state index contributed by atoms with van der Waals surface area (Å²) >= 11 is 0.